The van der Waals surface area contributed by atoms with Gasteiger partial charge in [0.1, 0.15) is 6.61 Å². The Morgan fingerprint density at radius 3 is 2.56 bits per heavy atom. The highest BCUT2D eigenvalue weighted by Crippen LogP contribution is 2.28. The van der Waals surface area contributed by atoms with Gasteiger partial charge in [0.05, 0.1) is 18.7 Å². The van der Waals surface area contributed by atoms with E-state index in [2.05, 4.69) is 15.3 Å². The molecule has 170 valence electrons. The summed E-state index contributed by atoms with van der Waals surface area (Å²) in [6, 6.07) is 24.8. The third kappa shape index (κ3) is 4.69. The average Bonchev–Trinajstić information content (AvgIpc) is 3.28. The lowest BCUT2D eigenvalue weighted by molar-refractivity contribution is 0.0696. The van der Waals surface area contributed by atoms with Gasteiger partial charge in [-0.1, -0.05) is 54.6 Å². The van der Waals surface area contributed by atoms with Gasteiger partial charge in [-0.25, -0.2) is 4.79 Å². The molecule has 0 spiro atoms. The Morgan fingerprint density at radius 1 is 0.853 bits per heavy atom. The molecule has 2 aromatic heterocycles. The Morgan fingerprint density at radius 2 is 1.68 bits per heavy atom. The summed E-state index contributed by atoms with van der Waals surface area (Å²) >= 11 is 0. The van der Waals surface area contributed by atoms with Gasteiger partial charge in [-0.15, -0.1) is 0 Å². The molecule has 0 saturated carbocycles. The first-order valence-corrected chi connectivity index (χ1v) is 11.0. The fourth-order valence-electron chi connectivity index (χ4n) is 3.88. The van der Waals surface area contributed by atoms with Crippen molar-refractivity contribution in [3.63, 3.8) is 0 Å². The monoisotopic (exact) mass is 453 g/mol. The van der Waals surface area contributed by atoms with Crippen molar-refractivity contribution in [2.24, 2.45) is 0 Å². The van der Waals surface area contributed by atoms with Gasteiger partial charge < -0.3 is 19.4 Å². The molecule has 0 unspecified atom stereocenters. The standard InChI is InChI=1S/C27H23N3O4/c31-26-22(23-16-28-24-9-5-4-8-21(23)24)14-19-10-11-20(15-25(19)30-26)29-27(32)34-13-12-33-17-18-6-2-1-3-7-18/h1-11,14-16,28H,12-13,17H2,(H,29,32)(H,30,31). The third-order valence-corrected chi connectivity index (χ3v) is 5.54. The topological polar surface area (TPSA) is 96.2 Å². The van der Waals surface area contributed by atoms with Crippen LogP contribution in [0.2, 0.25) is 0 Å². The van der Waals surface area contributed by atoms with Crippen molar-refractivity contribution >= 4 is 33.6 Å². The lowest BCUT2D eigenvalue weighted by Crippen LogP contribution is -2.17. The van der Waals surface area contributed by atoms with Crippen LogP contribution in [0.1, 0.15) is 5.56 Å². The highest BCUT2D eigenvalue weighted by atomic mass is 16.6. The van der Waals surface area contributed by atoms with Gasteiger partial charge in [0.25, 0.3) is 5.56 Å². The minimum absolute atomic E-state index is 0.136. The van der Waals surface area contributed by atoms with Gasteiger partial charge in [-0.05, 0) is 35.2 Å². The second-order valence-electron chi connectivity index (χ2n) is 7.86. The van der Waals surface area contributed by atoms with Gasteiger partial charge in [-0.3, -0.25) is 10.1 Å². The SMILES string of the molecule is O=C(Nc1ccc2cc(-c3c[nH]c4ccccc34)c(=O)[nH]c2c1)OCCOCc1ccccc1. The largest absolute Gasteiger partial charge is 0.447 e. The molecule has 0 bridgehead atoms. The number of para-hydroxylation sites is 1. The molecule has 34 heavy (non-hydrogen) atoms. The average molecular weight is 453 g/mol. The van der Waals surface area contributed by atoms with Crippen LogP contribution in [0.4, 0.5) is 10.5 Å². The Hall–Kier alpha value is -4.36. The first-order valence-electron chi connectivity index (χ1n) is 11.0. The normalized spacial score (nSPS) is 11.1. The number of nitrogens with one attached hydrogen (secondary N) is 3. The number of anilines is 1. The minimum Gasteiger partial charge on any atom is -0.447 e. The van der Waals surface area contributed by atoms with E-state index in [0.29, 0.717) is 30.0 Å². The molecule has 0 atom stereocenters. The Bertz CT molecular complexity index is 1510. The number of carbonyl (C=O) groups excluding carboxylic acids is 1. The van der Waals surface area contributed by atoms with Crippen LogP contribution in [0.5, 0.6) is 0 Å². The molecule has 0 fully saturated rings. The summed E-state index contributed by atoms with van der Waals surface area (Å²) in [5.74, 6) is 0. The van der Waals surface area contributed by atoms with Gasteiger partial charge in [0.2, 0.25) is 0 Å². The maximum absolute atomic E-state index is 12.8. The van der Waals surface area contributed by atoms with Gasteiger partial charge >= 0.3 is 6.09 Å². The van der Waals surface area contributed by atoms with Crippen LogP contribution in [-0.2, 0) is 16.1 Å². The molecule has 0 aliphatic rings. The zero-order valence-corrected chi connectivity index (χ0v) is 18.3. The summed E-state index contributed by atoms with van der Waals surface area (Å²) in [7, 11) is 0. The van der Waals surface area contributed by atoms with Crippen molar-refractivity contribution in [2.45, 2.75) is 6.61 Å². The Balaban J connectivity index is 1.22. The van der Waals surface area contributed by atoms with Gasteiger partial charge in [0.15, 0.2) is 0 Å². The molecule has 2 heterocycles. The lowest BCUT2D eigenvalue weighted by atomic mass is 10.0. The zero-order chi connectivity index (χ0) is 23.3. The van der Waals surface area contributed by atoms with Crippen LogP contribution < -0.4 is 10.9 Å². The number of rotatable bonds is 7. The van der Waals surface area contributed by atoms with Crippen molar-refractivity contribution in [1.29, 1.82) is 0 Å². The maximum atomic E-state index is 12.8. The van der Waals surface area contributed by atoms with E-state index in [-0.39, 0.29) is 12.2 Å². The summed E-state index contributed by atoms with van der Waals surface area (Å²) in [5.41, 5.74) is 4.41. The molecule has 0 saturated heterocycles. The Labute approximate surface area is 195 Å². The van der Waals surface area contributed by atoms with E-state index in [0.717, 1.165) is 27.4 Å². The van der Waals surface area contributed by atoms with Gasteiger partial charge in [-0.2, -0.15) is 0 Å². The minimum atomic E-state index is -0.583. The van der Waals surface area contributed by atoms with Crippen molar-refractivity contribution in [1.82, 2.24) is 9.97 Å². The van der Waals surface area contributed by atoms with Crippen molar-refractivity contribution in [2.75, 3.05) is 18.5 Å². The van der Waals surface area contributed by atoms with Crippen LogP contribution in [0.15, 0.2) is 89.9 Å². The number of fused-ring (bicyclic) bond motifs is 2. The van der Waals surface area contributed by atoms with E-state index in [4.69, 9.17) is 9.47 Å². The molecule has 5 aromatic rings. The second-order valence-corrected chi connectivity index (χ2v) is 7.86. The van der Waals surface area contributed by atoms with Crippen LogP contribution in [0, 0.1) is 0 Å². The predicted molar refractivity (Wildman–Crippen MR) is 133 cm³/mol. The Kier molecular flexibility index (Phi) is 6.09. The van der Waals surface area contributed by atoms with Crippen LogP contribution >= 0.6 is 0 Å². The molecule has 3 N–H and O–H groups in total. The first-order chi connectivity index (χ1) is 16.7. The molecular weight excluding hydrogens is 430 g/mol. The molecule has 3 aromatic carbocycles. The number of hydrogen-bond acceptors (Lipinski definition) is 4. The van der Waals surface area contributed by atoms with E-state index in [1.165, 1.54) is 0 Å². The van der Waals surface area contributed by atoms with Crippen LogP contribution in [0.3, 0.4) is 0 Å². The fraction of sp³-hybridized carbons (Fsp3) is 0.111. The second kappa shape index (κ2) is 9.64. The summed E-state index contributed by atoms with van der Waals surface area (Å²) < 4.78 is 10.7. The number of hydrogen-bond donors (Lipinski definition) is 3. The third-order valence-electron chi connectivity index (χ3n) is 5.54. The maximum Gasteiger partial charge on any atom is 0.411 e. The number of ether oxygens (including phenoxy) is 2. The van der Waals surface area contributed by atoms with E-state index >= 15 is 0 Å². The number of H-pyrrole nitrogens is 2. The number of amides is 1. The van der Waals surface area contributed by atoms with E-state index in [1.807, 2.05) is 72.9 Å². The molecule has 7 heteroatoms. The highest BCUT2D eigenvalue weighted by Gasteiger charge is 2.11. The van der Waals surface area contributed by atoms with E-state index in [1.54, 1.807) is 12.1 Å². The number of aromatic amines is 2. The summed E-state index contributed by atoms with van der Waals surface area (Å²) in [4.78, 5) is 31.1. The molecular formula is C27H23N3O4. The molecule has 1 amide bonds. The van der Waals surface area contributed by atoms with E-state index in [9.17, 15) is 9.59 Å². The predicted octanol–water partition coefficient (Wildman–Crippen LogP) is 5.44. The lowest BCUT2D eigenvalue weighted by Gasteiger charge is -2.09. The van der Waals surface area contributed by atoms with E-state index < -0.39 is 6.09 Å². The first kappa shape index (κ1) is 21.5. The number of aromatic nitrogens is 2. The highest BCUT2D eigenvalue weighted by molar-refractivity contribution is 5.98. The quantitative estimate of drug-likeness (QED) is 0.286. The van der Waals surface area contributed by atoms with Crippen molar-refractivity contribution < 1.29 is 14.3 Å². The smallest absolute Gasteiger partial charge is 0.411 e. The van der Waals surface area contributed by atoms with Crippen molar-refractivity contribution in [3.8, 4) is 11.1 Å². The van der Waals surface area contributed by atoms with Crippen LogP contribution in [0.25, 0.3) is 32.9 Å². The van der Waals surface area contributed by atoms with Gasteiger partial charge in [0, 0.05) is 33.9 Å². The molecule has 5 rings (SSSR count). The number of carbonyl (C=O) groups is 1. The number of pyridine rings is 1. The van der Waals surface area contributed by atoms with Crippen molar-refractivity contribution in [3.05, 3.63) is 101 Å². The van der Waals surface area contributed by atoms with Crippen LogP contribution in [-0.4, -0.2) is 29.3 Å². The summed E-state index contributed by atoms with van der Waals surface area (Å²) in [6.07, 6.45) is 1.26. The number of benzene rings is 3. The molecule has 0 radical (unpaired) electrons. The molecule has 7 nitrogen and oxygen atoms in total. The fourth-order valence-corrected chi connectivity index (χ4v) is 3.88. The zero-order valence-electron chi connectivity index (χ0n) is 18.3. The molecule has 0 aliphatic carbocycles. The summed E-state index contributed by atoms with van der Waals surface area (Å²) in [5, 5.41) is 4.53. The molecule has 0 aliphatic heterocycles. The summed E-state index contributed by atoms with van der Waals surface area (Å²) in [6.45, 7) is 0.894.